The summed E-state index contributed by atoms with van der Waals surface area (Å²) in [5, 5.41) is 2.78. The van der Waals surface area contributed by atoms with Gasteiger partial charge >= 0.3 is 0 Å². The molecule has 1 nitrogen and oxygen atoms in total. The molecule has 0 aromatic carbocycles. The van der Waals surface area contributed by atoms with Crippen molar-refractivity contribution in [1.82, 2.24) is 5.32 Å². The van der Waals surface area contributed by atoms with Crippen LogP contribution in [0.25, 0.3) is 0 Å². The van der Waals surface area contributed by atoms with E-state index in [9.17, 15) is 0 Å². The Morgan fingerprint density at radius 2 is 2.29 bits per heavy atom. The van der Waals surface area contributed by atoms with Crippen LogP contribution in [0.1, 0.15) is 13.8 Å². The molecule has 0 bridgehead atoms. The van der Waals surface area contributed by atoms with Crippen LogP contribution in [0.2, 0.25) is 0 Å². The van der Waals surface area contributed by atoms with Crippen molar-refractivity contribution in [2.75, 3.05) is 6.54 Å². The second-order valence-corrected chi connectivity index (χ2v) is 1.92. The first kappa shape index (κ1) is 6.36. The number of nitrogens with one attached hydrogen (secondary N) is 1. The first-order valence-corrected chi connectivity index (χ1v) is 2.46. The summed E-state index contributed by atoms with van der Waals surface area (Å²) in [6.07, 6.45) is 4.92. The Bertz CT molecular complexity index is 68.7. The third-order valence-electron chi connectivity index (χ3n) is 0.612. The highest BCUT2D eigenvalue weighted by molar-refractivity contribution is 4.79. The molecular weight excluding hydrogens is 86.1 g/mol. The maximum absolute atomic E-state index is 4.92. The van der Waals surface area contributed by atoms with E-state index in [0.29, 0.717) is 5.92 Å². The Morgan fingerprint density at radius 3 is 2.43 bits per heavy atom. The Hall–Kier alpha value is -0.640. The Balaban J connectivity index is 2.86. The van der Waals surface area contributed by atoms with Gasteiger partial charge in [-0.3, -0.25) is 0 Å². The van der Waals surface area contributed by atoms with Crippen LogP contribution in [0, 0.1) is 18.4 Å². The predicted molar refractivity (Wildman–Crippen MR) is 31.7 cm³/mol. The van der Waals surface area contributed by atoms with Crippen molar-refractivity contribution in [3.05, 3.63) is 0 Å². The Morgan fingerprint density at radius 1 is 1.71 bits per heavy atom. The third kappa shape index (κ3) is 5.36. The molecule has 1 heteroatoms. The van der Waals surface area contributed by atoms with E-state index in [4.69, 9.17) is 6.42 Å². The molecule has 0 aromatic rings. The lowest BCUT2D eigenvalue weighted by atomic mass is 10.2. The van der Waals surface area contributed by atoms with Gasteiger partial charge in [-0.25, -0.2) is 0 Å². The topological polar surface area (TPSA) is 12.0 Å². The minimum atomic E-state index is 0.649. The molecule has 0 heterocycles. The lowest BCUT2D eigenvalue weighted by Crippen LogP contribution is -2.12. The van der Waals surface area contributed by atoms with Crippen LogP contribution in [0.3, 0.4) is 0 Å². The van der Waals surface area contributed by atoms with E-state index < -0.39 is 0 Å². The van der Waals surface area contributed by atoms with Crippen molar-refractivity contribution in [2.24, 2.45) is 5.92 Å². The van der Waals surface area contributed by atoms with E-state index in [1.165, 1.54) is 0 Å². The molecule has 0 aliphatic heterocycles. The summed E-state index contributed by atoms with van der Waals surface area (Å²) in [4.78, 5) is 0. The molecule has 0 aromatic heterocycles. The minimum Gasteiger partial charge on any atom is -0.346 e. The lowest BCUT2D eigenvalue weighted by molar-refractivity contribution is 0.619. The molecule has 0 amide bonds. The smallest absolute Gasteiger partial charge is 0.0252 e. The van der Waals surface area contributed by atoms with Crippen LogP contribution in [0.5, 0.6) is 0 Å². The van der Waals surface area contributed by atoms with Gasteiger partial charge in [0.05, 0.1) is 0 Å². The van der Waals surface area contributed by atoms with E-state index in [1.807, 2.05) is 0 Å². The summed E-state index contributed by atoms with van der Waals surface area (Å²) in [6.45, 7) is 5.14. The summed E-state index contributed by atoms with van der Waals surface area (Å²) in [7, 11) is 0. The third-order valence-corrected chi connectivity index (χ3v) is 0.612. The van der Waals surface area contributed by atoms with Crippen LogP contribution < -0.4 is 5.32 Å². The Labute approximate surface area is 45.1 Å². The zero-order valence-corrected chi connectivity index (χ0v) is 4.86. The molecule has 0 radical (unpaired) electrons. The molecule has 40 valence electrons. The van der Waals surface area contributed by atoms with Crippen molar-refractivity contribution < 1.29 is 0 Å². The fourth-order valence-corrected chi connectivity index (χ4v) is 0.263. The van der Waals surface area contributed by atoms with Gasteiger partial charge in [0, 0.05) is 12.6 Å². The van der Waals surface area contributed by atoms with Gasteiger partial charge in [0.15, 0.2) is 0 Å². The predicted octanol–water partition coefficient (Wildman–Crippen LogP) is 0.823. The van der Waals surface area contributed by atoms with E-state index in [0.717, 1.165) is 6.54 Å². The normalized spacial score (nSPS) is 8.29. The number of terminal acetylenes is 1. The second-order valence-electron chi connectivity index (χ2n) is 1.92. The maximum atomic E-state index is 4.92. The van der Waals surface area contributed by atoms with Crippen LogP contribution in [0.4, 0.5) is 0 Å². The first-order valence-electron chi connectivity index (χ1n) is 2.46. The zero-order valence-electron chi connectivity index (χ0n) is 4.86. The van der Waals surface area contributed by atoms with E-state index in [-0.39, 0.29) is 0 Å². The number of rotatable bonds is 2. The van der Waals surface area contributed by atoms with Crippen molar-refractivity contribution in [1.29, 1.82) is 0 Å². The first-order chi connectivity index (χ1) is 3.27. The number of hydrogen-bond donors (Lipinski definition) is 1. The average Bonchev–Trinajstić information content (AvgIpc) is 1.61. The molecular formula is C6H11N. The van der Waals surface area contributed by atoms with Gasteiger partial charge in [-0.05, 0) is 5.92 Å². The number of hydrogen-bond acceptors (Lipinski definition) is 1. The summed E-state index contributed by atoms with van der Waals surface area (Å²) < 4.78 is 0. The van der Waals surface area contributed by atoms with Crippen LogP contribution >= 0.6 is 0 Å². The van der Waals surface area contributed by atoms with Crippen LogP contribution in [-0.2, 0) is 0 Å². The lowest BCUT2D eigenvalue weighted by Gasteiger charge is -1.98. The van der Waals surface area contributed by atoms with Gasteiger partial charge < -0.3 is 5.32 Å². The fraction of sp³-hybridized carbons (Fsp3) is 0.667. The highest BCUT2D eigenvalue weighted by Gasteiger charge is 1.85. The van der Waals surface area contributed by atoms with E-state index in [1.54, 1.807) is 0 Å². The summed E-state index contributed by atoms with van der Waals surface area (Å²) in [6, 6.07) is 2.35. The monoisotopic (exact) mass is 97.1 g/mol. The van der Waals surface area contributed by atoms with Crippen LogP contribution in [0.15, 0.2) is 0 Å². The molecule has 0 atom stereocenters. The largest absolute Gasteiger partial charge is 0.346 e. The van der Waals surface area contributed by atoms with Gasteiger partial charge in [0.25, 0.3) is 0 Å². The fourth-order valence-electron chi connectivity index (χ4n) is 0.263. The highest BCUT2D eigenvalue weighted by atomic mass is 14.8. The van der Waals surface area contributed by atoms with Crippen molar-refractivity contribution >= 4 is 0 Å². The van der Waals surface area contributed by atoms with Crippen molar-refractivity contribution in [2.45, 2.75) is 13.8 Å². The van der Waals surface area contributed by atoms with Gasteiger partial charge in [0.2, 0.25) is 0 Å². The molecule has 0 saturated carbocycles. The molecule has 0 fully saturated rings. The average molecular weight is 97.2 g/mol. The standard InChI is InChI=1S/C6H11N/c1-4-7-5-6(2)3/h1,6-7H,5H2,2-3H3. The Kier molecular flexibility index (Phi) is 3.22. The quantitative estimate of drug-likeness (QED) is 0.397. The van der Waals surface area contributed by atoms with Gasteiger partial charge in [-0.1, -0.05) is 20.3 Å². The SMILES string of the molecule is C#CNCC(C)C. The summed E-state index contributed by atoms with van der Waals surface area (Å²) >= 11 is 0. The zero-order chi connectivity index (χ0) is 5.70. The molecule has 0 rings (SSSR count). The molecule has 1 N–H and O–H groups in total. The van der Waals surface area contributed by atoms with Crippen LogP contribution in [-0.4, -0.2) is 6.54 Å². The second kappa shape index (κ2) is 3.55. The summed E-state index contributed by atoms with van der Waals surface area (Å²) in [5.41, 5.74) is 0. The van der Waals surface area contributed by atoms with Gasteiger partial charge in [-0.2, -0.15) is 0 Å². The molecule has 0 aliphatic carbocycles. The molecule has 0 unspecified atom stereocenters. The summed E-state index contributed by atoms with van der Waals surface area (Å²) in [5.74, 6) is 0.649. The van der Waals surface area contributed by atoms with Crippen molar-refractivity contribution in [3.8, 4) is 12.5 Å². The van der Waals surface area contributed by atoms with E-state index >= 15 is 0 Å². The molecule has 7 heavy (non-hydrogen) atoms. The molecule has 0 spiro atoms. The van der Waals surface area contributed by atoms with Gasteiger partial charge in [-0.15, -0.1) is 0 Å². The van der Waals surface area contributed by atoms with Gasteiger partial charge in [0.1, 0.15) is 0 Å². The van der Waals surface area contributed by atoms with E-state index in [2.05, 4.69) is 25.2 Å². The minimum absolute atomic E-state index is 0.649. The molecule has 0 saturated heterocycles. The maximum Gasteiger partial charge on any atom is 0.0252 e. The van der Waals surface area contributed by atoms with Crippen molar-refractivity contribution in [3.63, 3.8) is 0 Å². The highest BCUT2D eigenvalue weighted by Crippen LogP contribution is 1.84. The molecule has 0 aliphatic rings.